The predicted molar refractivity (Wildman–Crippen MR) is 88.9 cm³/mol. The highest BCUT2D eigenvalue weighted by Gasteiger charge is 2.49. The van der Waals surface area contributed by atoms with Crippen LogP contribution in [0.1, 0.15) is 51.7 Å². The van der Waals surface area contributed by atoms with E-state index >= 15 is 0 Å². The molecule has 2 unspecified atom stereocenters. The van der Waals surface area contributed by atoms with E-state index in [9.17, 15) is 0 Å². The van der Waals surface area contributed by atoms with Crippen molar-refractivity contribution in [2.45, 2.75) is 65.5 Å². The van der Waals surface area contributed by atoms with Crippen molar-refractivity contribution in [3.63, 3.8) is 0 Å². The first-order valence-electron chi connectivity index (χ1n) is 8.46. The molecule has 2 aliphatic carbocycles. The lowest BCUT2D eigenvalue weighted by molar-refractivity contribution is -0.108. The number of fused-ring (bicyclic) bond motifs is 1. The van der Waals surface area contributed by atoms with Gasteiger partial charge in [0.2, 0.25) is 0 Å². The van der Waals surface area contributed by atoms with E-state index in [0.29, 0.717) is 18.1 Å². The van der Waals surface area contributed by atoms with Crippen LogP contribution in [0.15, 0.2) is 18.2 Å². The normalized spacial score (nSPS) is 26.5. The van der Waals surface area contributed by atoms with Crippen molar-refractivity contribution >= 4 is 5.69 Å². The second-order valence-electron chi connectivity index (χ2n) is 7.81. The number of ether oxygens (including phenoxy) is 1. The van der Waals surface area contributed by atoms with Crippen LogP contribution < -0.4 is 5.32 Å². The Morgan fingerprint density at radius 3 is 2.71 bits per heavy atom. The third kappa shape index (κ3) is 2.96. The third-order valence-corrected chi connectivity index (χ3v) is 5.25. The van der Waals surface area contributed by atoms with Gasteiger partial charge in [-0.15, -0.1) is 0 Å². The zero-order valence-electron chi connectivity index (χ0n) is 13.9. The second-order valence-corrected chi connectivity index (χ2v) is 7.81. The Morgan fingerprint density at radius 1 is 1.24 bits per heavy atom. The smallest absolute Gasteiger partial charge is 0.0665 e. The van der Waals surface area contributed by atoms with Crippen molar-refractivity contribution in [2.24, 2.45) is 11.3 Å². The quantitative estimate of drug-likeness (QED) is 0.865. The zero-order valence-corrected chi connectivity index (χ0v) is 13.9. The van der Waals surface area contributed by atoms with E-state index < -0.39 is 0 Å². The van der Waals surface area contributed by atoms with Crippen LogP contribution in [0.5, 0.6) is 0 Å². The first-order valence-corrected chi connectivity index (χ1v) is 8.46. The van der Waals surface area contributed by atoms with Gasteiger partial charge in [-0.1, -0.05) is 33.8 Å². The van der Waals surface area contributed by atoms with Gasteiger partial charge in [0.05, 0.1) is 6.10 Å². The summed E-state index contributed by atoms with van der Waals surface area (Å²) in [5, 5.41) is 3.74. The standard InChI is InChI=1S/C19H29NO/c1-13(2)12-21-18-11-17(19(18,3)4)20-16-9-8-14-6-5-7-15(14)10-16/h8-10,13,17-18,20H,5-7,11-12H2,1-4H3. The Hall–Kier alpha value is -1.02. The molecule has 0 spiro atoms. The molecule has 0 aliphatic heterocycles. The van der Waals surface area contributed by atoms with Gasteiger partial charge in [0.15, 0.2) is 0 Å². The van der Waals surface area contributed by atoms with E-state index in [4.69, 9.17) is 4.74 Å². The van der Waals surface area contributed by atoms with E-state index in [1.165, 1.54) is 24.9 Å². The number of aryl methyl sites for hydroxylation is 2. The summed E-state index contributed by atoms with van der Waals surface area (Å²) >= 11 is 0. The molecule has 1 saturated carbocycles. The van der Waals surface area contributed by atoms with Crippen LogP contribution in [-0.2, 0) is 17.6 Å². The lowest BCUT2D eigenvalue weighted by Crippen LogP contribution is -2.58. The maximum absolute atomic E-state index is 6.06. The molecular weight excluding hydrogens is 258 g/mol. The Labute approximate surface area is 129 Å². The molecule has 0 bridgehead atoms. The summed E-state index contributed by atoms with van der Waals surface area (Å²) in [6.07, 6.45) is 5.34. The van der Waals surface area contributed by atoms with Crippen LogP contribution in [0.3, 0.4) is 0 Å². The predicted octanol–water partition coefficient (Wildman–Crippen LogP) is 4.43. The molecule has 2 atom stereocenters. The van der Waals surface area contributed by atoms with Crippen LogP contribution in [0.25, 0.3) is 0 Å². The van der Waals surface area contributed by atoms with Crippen molar-refractivity contribution < 1.29 is 4.74 Å². The third-order valence-electron chi connectivity index (χ3n) is 5.25. The highest BCUT2D eigenvalue weighted by atomic mass is 16.5. The molecule has 1 aromatic carbocycles. The number of rotatable bonds is 5. The SMILES string of the molecule is CC(C)COC1CC(Nc2ccc3c(c2)CCC3)C1(C)C. The average Bonchev–Trinajstić information content (AvgIpc) is 2.89. The number of hydrogen-bond donors (Lipinski definition) is 1. The largest absolute Gasteiger partial charge is 0.382 e. The first kappa shape index (κ1) is 14.9. The monoisotopic (exact) mass is 287 g/mol. The summed E-state index contributed by atoms with van der Waals surface area (Å²) in [7, 11) is 0. The van der Waals surface area contributed by atoms with E-state index in [1.807, 2.05) is 0 Å². The summed E-state index contributed by atoms with van der Waals surface area (Å²) < 4.78 is 6.06. The molecule has 0 aromatic heterocycles. The van der Waals surface area contributed by atoms with Crippen molar-refractivity contribution in [3.05, 3.63) is 29.3 Å². The van der Waals surface area contributed by atoms with Crippen molar-refractivity contribution in [3.8, 4) is 0 Å². The highest BCUT2D eigenvalue weighted by Crippen LogP contribution is 2.44. The molecule has 0 amide bonds. The fourth-order valence-corrected chi connectivity index (χ4v) is 3.58. The molecule has 1 aromatic rings. The van der Waals surface area contributed by atoms with Gasteiger partial charge in [-0.2, -0.15) is 0 Å². The van der Waals surface area contributed by atoms with E-state index in [0.717, 1.165) is 13.0 Å². The molecule has 2 heteroatoms. The van der Waals surface area contributed by atoms with Gasteiger partial charge < -0.3 is 10.1 Å². The van der Waals surface area contributed by atoms with Gasteiger partial charge in [-0.05, 0) is 54.9 Å². The fraction of sp³-hybridized carbons (Fsp3) is 0.684. The molecular formula is C19H29NO. The molecule has 3 rings (SSSR count). The minimum absolute atomic E-state index is 0.216. The van der Waals surface area contributed by atoms with Gasteiger partial charge in [0.1, 0.15) is 0 Å². The van der Waals surface area contributed by atoms with Crippen LogP contribution in [0.2, 0.25) is 0 Å². The summed E-state index contributed by atoms with van der Waals surface area (Å²) in [5.41, 5.74) is 4.60. The molecule has 116 valence electrons. The van der Waals surface area contributed by atoms with Crippen molar-refractivity contribution in [2.75, 3.05) is 11.9 Å². The van der Waals surface area contributed by atoms with Crippen LogP contribution >= 0.6 is 0 Å². The number of anilines is 1. The van der Waals surface area contributed by atoms with Crippen molar-refractivity contribution in [1.82, 2.24) is 0 Å². The molecule has 1 N–H and O–H groups in total. The molecule has 2 nitrogen and oxygen atoms in total. The van der Waals surface area contributed by atoms with E-state index in [2.05, 4.69) is 51.2 Å². The molecule has 21 heavy (non-hydrogen) atoms. The topological polar surface area (TPSA) is 21.3 Å². The average molecular weight is 287 g/mol. The fourth-order valence-electron chi connectivity index (χ4n) is 3.58. The summed E-state index contributed by atoms with van der Waals surface area (Å²) in [6, 6.07) is 7.45. The van der Waals surface area contributed by atoms with Gasteiger partial charge in [-0.25, -0.2) is 0 Å². The van der Waals surface area contributed by atoms with Gasteiger partial charge in [0.25, 0.3) is 0 Å². The summed E-state index contributed by atoms with van der Waals surface area (Å²) in [5.74, 6) is 0.615. The number of benzene rings is 1. The second kappa shape index (κ2) is 5.64. The maximum atomic E-state index is 6.06. The van der Waals surface area contributed by atoms with E-state index in [1.54, 1.807) is 11.1 Å². The zero-order chi connectivity index (χ0) is 15.0. The molecule has 0 saturated heterocycles. The summed E-state index contributed by atoms with van der Waals surface area (Å²) in [4.78, 5) is 0. The molecule has 2 aliphatic rings. The maximum Gasteiger partial charge on any atom is 0.0665 e. The van der Waals surface area contributed by atoms with Crippen LogP contribution in [0.4, 0.5) is 5.69 Å². The van der Waals surface area contributed by atoms with Crippen molar-refractivity contribution in [1.29, 1.82) is 0 Å². The number of nitrogens with one attached hydrogen (secondary N) is 1. The van der Waals surface area contributed by atoms with Crippen LogP contribution in [0, 0.1) is 11.3 Å². The molecule has 1 fully saturated rings. The van der Waals surface area contributed by atoms with Gasteiger partial charge in [0, 0.05) is 23.8 Å². The highest BCUT2D eigenvalue weighted by molar-refractivity contribution is 5.51. The Morgan fingerprint density at radius 2 is 2.00 bits per heavy atom. The van der Waals surface area contributed by atoms with Crippen LogP contribution in [-0.4, -0.2) is 18.8 Å². The Bertz CT molecular complexity index is 506. The minimum atomic E-state index is 0.216. The lowest BCUT2D eigenvalue weighted by atomic mass is 9.64. The molecule has 0 heterocycles. The molecule has 0 radical (unpaired) electrons. The summed E-state index contributed by atoms with van der Waals surface area (Å²) in [6.45, 7) is 9.95. The first-order chi connectivity index (χ1) is 9.96. The minimum Gasteiger partial charge on any atom is -0.382 e. The van der Waals surface area contributed by atoms with Gasteiger partial charge in [-0.3, -0.25) is 0 Å². The number of hydrogen-bond acceptors (Lipinski definition) is 2. The van der Waals surface area contributed by atoms with Gasteiger partial charge >= 0.3 is 0 Å². The lowest BCUT2D eigenvalue weighted by Gasteiger charge is -2.52. The Kier molecular flexibility index (Phi) is 4.00. The Balaban J connectivity index is 1.59. The van der Waals surface area contributed by atoms with E-state index in [-0.39, 0.29) is 5.41 Å².